The number of urea groups is 1. The fourth-order valence-corrected chi connectivity index (χ4v) is 4.53. The molecule has 0 aromatic heterocycles. The summed E-state index contributed by atoms with van der Waals surface area (Å²) in [6.07, 6.45) is -0.180. The van der Waals surface area contributed by atoms with E-state index >= 15 is 0 Å². The first-order valence-electron chi connectivity index (χ1n) is 10.3. The Bertz CT molecular complexity index is 1320. The molecule has 0 saturated heterocycles. The van der Waals surface area contributed by atoms with E-state index in [4.69, 9.17) is 16.3 Å². The third-order valence-electron chi connectivity index (χ3n) is 4.98. The van der Waals surface area contributed by atoms with Gasteiger partial charge in [0.05, 0.1) is 17.1 Å². The highest BCUT2D eigenvalue weighted by Gasteiger charge is 2.26. The van der Waals surface area contributed by atoms with E-state index in [1.54, 1.807) is 42.5 Å². The summed E-state index contributed by atoms with van der Waals surface area (Å²) < 4.78 is 32.7. The molecule has 0 fully saturated rings. The Hall–Kier alpha value is -3.60. The Morgan fingerprint density at radius 3 is 2.47 bits per heavy atom. The predicted molar refractivity (Wildman–Crippen MR) is 127 cm³/mol. The number of benzene rings is 3. The van der Waals surface area contributed by atoms with Crippen LogP contribution in [0, 0.1) is 0 Å². The van der Waals surface area contributed by atoms with Crippen molar-refractivity contribution < 1.29 is 22.7 Å². The number of hydrazine groups is 1. The number of halogens is 1. The maximum atomic E-state index is 12.9. The van der Waals surface area contributed by atoms with Crippen LogP contribution >= 0.6 is 11.6 Å². The molecule has 3 aromatic carbocycles. The van der Waals surface area contributed by atoms with Crippen LogP contribution in [0.25, 0.3) is 0 Å². The van der Waals surface area contributed by atoms with Crippen LogP contribution < -0.4 is 25.2 Å². The van der Waals surface area contributed by atoms with Crippen molar-refractivity contribution in [1.29, 1.82) is 0 Å². The molecule has 176 valence electrons. The smallest absolute Gasteiger partial charge is 0.341 e. The van der Waals surface area contributed by atoms with E-state index in [0.29, 0.717) is 22.2 Å². The topological polar surface area (TPSA) is 117 Å². The van der Waals surface area contributed by atoms with Gasteiger partial charge in [-0.15, -0.1) is 0 Å². The number of carbonyl (C=O) groups is 2. The zero-order chi connectivity index (χ0) is 24.1. The second-order valence-corrected chi connectivity index (χ2v) is 9.55. The minimum atomic E-state index is -3.73. The molecular formula is C23H21ClN4O5S. The monoisotopic (exact) mass is 500 g/mol. The summed E-state index contributed by atoms with van der Waals surface area (Å²) in [5.74, 6) is 0.476. The van der Waals surface area contributed by atoms with Crippen molar-refractivity contribution in [1.82, 2.24) is 15.6 Å². The third-order valence-corrected chi connectivity index (χ3v) is 6.70. The van der Waals surface area contributed by atoms with E-state index in [1.807, 2.05) is 18.2 Å². The van der Waals surface area contributed by atoms with Crippen LogP contribution in [0.2, 0.25) is 5.02 Å². The van der Waals surface area contributed by atoms with Crippen LogP contribution in [0.1, 0.15) is 12.0 Å². The van der Waals surface area contributed by atoms with E-state index in [-0.39, 0.29) is 24.4 Å². The standard InChI is InChI=1S/C23H21ClN4O5S/c24-17-10-11-21-19(14-17)28(15-16-6-4-5-9-20(16)33-21)23(30)27-26-22(29)12-13-25-34(31,32)18-7-2-1-3-8-18/h1-11,14,25H,12-13,15H2,(H,26,29)(H,27,30). The molecule has 1 heterocycles. The Morgan fingerprint density at radius 2 is 1.68 bits per heavy atom. The molecule has 0 atom stereocenters. The van der Waals surface area contributed by atoms with E-state index in [2.05, 4.69) is 15.6 Å². The van der Waals surface area contributed by atoms with Gasteiger partial charge in [-0.25, -0.2) is 23.4 Å². The van der Waals surface area contributed by atoms with Gasteiger partial charge in [0.1, 0.15) is 5.75 Å². The van der Waals surface area contributed by atoms with E-state index in [1.165, 1.54) is 17.0 Å². The van der Waals surface area contributed by atoms with E-state index in [9.17, 15) is 18.0 Å². The van der Waals surface area contributed by atoms with Crippen molar-refractivity contribution >= 4 is 39.2 Å². The number of sulfonamides is 1. The number of hydrogen-bond donors (Lipinski definition) is 3. The van der Waals surface area contributed by atoms with Gasteiger partial charge in [-0.05, 0) is 36.4 Å². The lowest BCUT2D eigenvalue weighted by Crippen LogP contribution is -2.49. The van der Waals surface area contributed by atoms with Crippen LogP contribution in [-0.2, 0) is 21.4 Å². The van der Waals surface area contributed by atoms with E-state index < -0.39 is 22.0 Å². The summed E-state index contributed by atoms with van der Waals surface area (Å²) in [5, 5.41) is 0.417. The fraction of sp³-hybridized carbons (Fsp3) is 0.130. The molecule has 0 bridgehead atoms. The van der Waals surface area contributed by atoms with Crippen LogP contribution in [0.5, 0.6) is 11.5 Å². The van der Waals surface area contributed by atoms with Crippen molar-refractivity contribution in [3.05, 3.63) is 83.4 Å². The van der Waals surface area contributed by atoms with Gasteiger partial charge in [0.2, 0.25) is 15.9 Å². The summed E-state index contributed by atoms with van der Waals surface area (Å²) in [6.45, 7) is 0.0460. The highest BCUT2D eigenvalue weighted by atomic mass is 35.5. The van der Waals surface area contributed by atoms with Gasteiger partial charge in [0.15, 0.2) is 5.75 Å². The Balaban J connectivity index is 1.37. The Kier molecular flexibility index (Phi) is 7.01. The zero-order valence-electron chi connectivity index (χ0n) is 17.8. The molecule has 1 aliphatic rings. The van der Waals surface area contributed by atoms with Crippen molar-refractivity contribution in [2.45, 2.75) is 17.9 Å². The number of carbonyl (C=O) groups excluding carboxylic acids is 2. The summed E-state index contributed by atoms with van der Waals surface area (Å²) in [7, 11) is -3.73. The van der Waals surface area contributed by atoms with Gasteiger partial charge in [-0.2, -0.15) is 0 Å². The van der Waals surface area contributed by atoms with Crippen LogP contribution in [0.4, 0.5) is 10.5 Å². The molecule has 0 unspecified atom stereocenters. The van der Waals surface area contributed by atoms with Crippen molar-refractivity contribution in [2.24, 2.45) is 0 Å². The quantitative estimate of drug-likeness (QED) is 0.463. The van der Waals surface area contributed by atoms with Gasteiger partial charge < -0.3 is 4.74 Å². The molecule has 4 rings (SSSR count). The predicted octanol–water partition coefficient (Wildman–Crippen LogP) is 3.56. The first-order chi connectivity index (χ1) is 16.3. The zero-order valence-corrected chi connectivity index (χ0v) is 19.4. The van der Waals surface area contributed by atoms with Crippen molar-refractivity contribution in [3.63, 3.8) is 0 Å². The molecule has 3 aromatic rings. The fourth-order valence-electron chi connectivity index (χ4n) is 3.31. The summed E-state index contributed by atoms with van der Waals surface area (Å²) in [6, 6.07) is 19.4. The Morgan fingerprint density at radius 1 is 0.941 bits per heavy atom. The SMILES string of the molecule is O=C(CCNS(=O)(=O)c1ccccc1)NNC(=O)N1Cc2ccccc2Oc2ccc(Cl)cc21. The van der Waals surface area contributed by atoms with Crippen LogP contribution in [-0.4, -0.2) is 26.9 Å². The van der Waals surface area contributed by atoms with Gasteiger partial charge in [-0.1, -0.05) is 48.0 Å². The molecule has 0 radical (unpaired) electrons. The highest BCUT2D eigenvalue weighted by molar-refractivity contribution is 7.89. The highest BCUT2D eigenvalue weighted by Crippen LogP contribution is 2.40. The molecule has 0 saturated carbocycles. The molecule has 9 nitrogen and oxygen atoms in total. The largest absolute Gasteiger partial charge is 0.455 e. The number of para-hydroxylation sites is 1. The number of ether oxygens (including phenoxy) is 1. The molecular weight excluding hydrogens is 480 g/mol. The average molecular weight is 501 g/mol. The maximum Gasteiger partial charge on any atom is 0.341 e. The number of nitrogens with zero attached hydrogens (tertiary/aromatic N) is 1. The normalized spacial score (nSPS) is 12.6. The maximum absolute atomic E-state index is 12.9. The van der Waals surface area contributed by atoms with Crippen LogP contribution in [0.3, 0.4) is 0 Å². The summed E-state index contributed by atoms with van der Waals surface area (Å²) >= 11 is 6.14. The lowest BCUT2D eigenvalue weighted by molar-refractivity contribution is -0.121. The lowest BCUT2D eigenvalue weighted by Gasteiger charge is -2.22. The van der Waals surface area contributed by atoms with E-state index in [0.717, 1.165) is 5.56 Å². The minimum absolute atomic E-state index is 0.102. The average Bonchev–Trinajstić information content (AvgIpc) is 2.99. The Labute approximate surface area is 201 Å². The van der Waals surface area contributed by atoms with Crippen molar-refractivity contribution in [2.75, 3.05) is 11.4 Å². The molecule has 0 spiro atoms. The minimum Gasteiger partial charge on any atom is -0.455 e. The number of amides is 3. The number of nitrogens with one attached hydrogen (secondary N) is 3. The number of hydrogen-bond acceptors (Lipinski definition) is 5. The summed E-state index contributed by atoms with van der Waals surface area (Å²) in [5.41, 5.74) is 5.87. The number of fused-ring (bicyclic) bond motifs is 2. The number of rotatable bonds is 5. The van der Waals surface area contributed by atoms with Crippen molar-refractivity contribution in [3.8, 4) is 11.5 Å². The van der Waals surface area contributed by atoms with Gasteiger partial charge in [-0.3, -0.25) is 15.1 Å². The van der Waals surface area contributed by atoms with Gasteiger partial charge in [0.25, 0.3) is 0 Å². The molecule has 11 heteroatoms. The lowest BCUT2D eigenvalue weighted by atomic mass is 10.2. The number of anilines is 1. The molecule has 0 aliphatic carbocycles. The summed E-state index contributed by atoms with van der Waals surface area (Å²) in [4.78, 5) is 26.6. The van der Waals surface area contributed by atoms with Gasteiger partial charge in [0, 0.05) is 23.6 Å². The molecule has 3 amide bonds. The molecule has 3 N–H and O–H groups in total. The first-order valence-corrected chi connectivity index (χ1v) is 12.2. The molecule has 34 heavy (non-hydrogen) atoms. The first kappa shape index (κ1) is 23.6. The molecule has 1 aliphatic heterocycles. The van der Waals surface area contributed by atoms with Crippen LogP contribution in [0.15, 0.2) is 77.7 Å². The van der Waals surface area contributed by atoms with Gasteiger partial charge >= 0.3 is 6.03 Å². The third kappa shape index (κ3) is 5.48. The second-order valence-electron chi connectivity index (χ2n) is 7.35. The second kappa shape index (κ2) is 10.1.